The summed E-state index contributed by atoms with van der Waals surface area (Å²) >= 11 is 0. The van der Waals surface area contributed by atoms with Crippen LogP contribution in [0.5, 0.6) is 0 Å². The number of anilines is 1. The SMILES string of the molecule is Cc1ccc(-n2nc(C(=O)N3CCc4ccncc43)c3c2CCC3)c(C)c1. The fourth-order valence-electron chi connectivity index (χ4n) is 4.41. The van der Waals surface area contributed by atoms with Gasteiger partial charge in [-0.15, -0.1) is 0 Å². The Kier molecular flexibility index (Phi) is 3.64. The van der Waals surface area contributed by atoms with E-state index >= 15 is 0 Å². The molecule has 5 nitrogen and oxygen atoms in total. The first-order valence-corrected chi connectivity index (χ1v) is 9.56. The van der Waals surface area contributed by atoms with Gasteiger partial charge < -0.3 is 4.90 Å². The summed E-state index contributed by atoms with van der Waals surface area (Å²) in [5.74, 6) is 0.00316. The van der Waals surface area contributed by atoms with Crippen molar-refractivity contribution in [2.24, 2.45) is 0 Å². The lowest BCUT2D eigenvalue weighted by atomic mass is 10.1. The van der Waals surface area contributed by atoms with Gasteiger partial charge in [0.05, 0.1) is 17.6 Å². The van der Waals surface area contributed by atoms with Crippen LogP contribution in [0.2, 0.25) is 0 Å². The molecule has 0 spiro atoms. The van der Waals surface area contributed by atoms with Crippen molar-refractivity contribution in [1.29, 1.82) is 0 Å². The van der Waals surface area contributed by atoms with E-state index < -0.39 is 0 Å². The van der Waals surface area contributed by atoms with Crippen molar-refractivity contribution in [1.82, 2.24) is 14.8 Å². The number of fused-ring (bicyclic) bond motifs is 2. The number of rotatable bonds is 2. The lowest BCUT2D eigenvalue weighted by Crippen LogP contribution is -2.30. The summed E-state index contributed by atoms with van der Waals surface area (Å²) in [6, 6.07) is 8.39. The van der Waals surface area contributed by atoms with Gasteiger partial charge in [0.2, 0.25) is 0 Å². The van der Waals surface area contributed by atoms with Crippen molar-refractivity contribution in [3.63, 3.8) is 0 Å². The topological polar surface area (TPSA) is 51.0 Å². The molecule has 1 aliphatic carbocycles. The zero-order chi connectivity index (χ0) is 18.5. The quantitative estimate of drug-likeness (QED) is 0.704. The van der Waals surface area contributed by atoms with Gasteiger partial charge in [-0.3, -0.25) is 9.78 Å². The molecule has 1 aromatic carbocycles. The van der Waals surface area contributed by atoms with Gasteiger partial charge in [-0.1, -0.05) is 17.7 Å². The molecule has 0 saturated heterocycles. The summed E-state index contributed by atoms with van der Waals surface area (Å²) < 4.78 is 2.00. The van der Waals surface area contributed by atoms with E-state index in [1.54, 1.807) is 12.4 Å². The van der Waals surface area contributed by atoms with E-state index in [4.69, 9.17) is 5.10 Å². The van der Waals surface area contributed by atoms with Crippen LogP contribution in [0.1, 0.15) is 44.9 Å². The molecule has 136 valence electrons. The Morgan fingerprint density at radius 3 is 2.81 bits per heavy atom. The van der Waals surface area contributed by atoms with Crippen LogP contribution < -0.4 is 4.90 Å². The number of hydrogen-bond acceptors (Lipinski definition) is 3. The average Bonchev–Trinajstić information content (AvgIpc) is 3.36. The van der Waals surface area contributed by atoms with Crippen LogP contribution in [0.3, 0.4) is 0 Å². The number of hydrogen-bond donors (Lipinski definition) is 0. The van der Waals surface area contributed by atoms with Crippen LogP contribution in [0.4, 0.5) is 5.69 Å². The van der Waals surface area contributed by atoms with Gasteiger partial charge in [-0.05, 0) is 62.8 Å². The maximum atomic E-state index is 13.4. The fraction of sp³-hybridized carbons (Fsp3) is 0.318. The molecule has 0 saturated carbocycles. The van der Waals surface area contributed by atoms with Crippen molar-refractivity contribution >= 4 is 11.6 Å². The van der Waals surface area contributed by atoms with Crippen LogP contribution in [0.15, 0.2) is 36.7 Å². The summed E-state index contributed by atoms with van der Waals surface area (Å²) in [6.45, 7) is 4.90. The summed E-state index contributed by atoms with van der Waals surface area (Å²) in [4.78, 5) is 19.4. The average molecular weight is 358 g/mol. The highest BCUT2D eigenvalue weighted by Crippen LogP contribution is 2.33. The van der Waals surface area contributed by atoms with Gasteiger partial charge in [-0.25, -0.2) is 4.68 Å². The Balaban J connectivity index is 1.59. The monoisotopic (exact) mass is 358 g/mol. The van der Waals surface area contributed by atoms with E-state index in [1.165, 1.54) is 22.4 Å². The third kappa shape index (κ3) is 2.49. The van der Waals surface area contributed by atoms with Crippen LogP contribution in [0.25, 0.3) is 5.69 Å². The second-order valence-corrected chi connectivity index (χ2v) is 7.54. The Labute approximate surface area is 158 Å². The molecule has 27 heavy (non-hydrogen) atoms. The van der Waals surface area contributed by atoms with Gasteiger partial charge in [-0.2, -0.15) is 5.10 Å². The maximum Gasteiger partial charge on any atom is 0.279 e. The molecule has 0 N–H and O–H groups in total. The molecule has 0 fully saturated rings. The van der Waals surface area contributed by atoms with E-state index in [0.29, 0.717) is 12.2 Å². The van der Waals surface area contributed by atoms with Crippen molar-refractivity contribution in [3.05, 3.63) is 70.3 Å². The zero-order valence-corrected chi connectivity index (χ0v) is 15.7. The van der Waals surface area contributed by atoms with Crippen molar-refractivity contribution < 1.29 is 4.79 Å². The van der Waals surface area contributed by atoms with Gasteiger partial charge in [0.1, 0.15) is 0 Å². The Bertz CT molecular complexity index is 1070. The number of carbonyl (C=O) groups is 1. The molecule has 3 aromatic rings. The molecule has 0 atom stereocenters. The molecule has 1 amide bonds. The van der Waals surface area contributed by atoms with Crippen LogP contribution in [0, 0.1) is 13.8 Å². The Morgan fingerprint density at radius 2 is 1.96 bits per heavy atom. The lowest BCUT2D eigenvalue weighted by Gasteiger charge is -2.16. The predicted octanol–water partition coefficient (Wildman–Crippen LogP) is 3.58. The first-order chi connectivity index (χ1) is 13.1. The number of amides is 1. The number of pyridine rings is 1. The molecule has 0 unspecified atom stereocenters. The number of aryl methyl sites for hydroxylation is 2. The number of carbonyl (C=O) groups excluding carboxylic acids is 1. The number of aromatic nitrogens is 3. The molecule has 2 aliphatic rings. The van der Waals surface area contributed by atoms with E-state index in [-0.39, 0.29) is 5.91 Å². The van der Waals surface area contributed by atoms with Gasteiger partial charge >= 0.3 is 0 Å². The van der Waals surface area contributed by atoms with Crippen LogP contribution in [-0.4, -0.2) is 27.2 Å². The summed E-state index contributed by atoms with van der Waals surface area (Å²) in [5.41, 5.74) is 8.52. The van der Waals surface area contributed by atoms with Crippen LogP contribution in [-0.2, 0) is 19.3 Å². The molecular weight excluding hydrogens is 336 g/mol. The maximum absolute atomic E-state index is 13.4. The molecule has 5 rings (SSSR count). The van der Waals surface area contributed by atoms with Gasteiger partial charge in [0.25, 0.3) is 5.91 Å². The number of benzene rings is 1. The normalized spacial score (nSPS) is 15.1. The third-order valence-corrected chi connectivity index (χ3v) is 5.74. The Morgan fingerprint density at radius 1 is 1.07 bits per heavy atom. The smallest absolute Gasteiger partial charge is 0.279 e. The highest BCUT2D eigenvalue weighted by atomic mass is 16.2. The first kappa shape index (κ1) is 16.2. The van der Waals surface area contributed by atoms with Gasteiger partial charge in [0.15, 0.2) is 5.69 Å². The first-order valence-electron chi connectivity index (χ1n) is 9.56. The second-order valence-electron chi connectivity index (χ2n) is 7.54. The minimum atomic E-state index is 0.00316. The highest BCUT2D eigenvalue weighted by molar-refractivity contribution is 6.07. The van der Waals surface area contributed by atoms with Crippen LogP contribution >= 0.6 is 0 Å². The molecule has 0 bridgehead atoms. The molecule has 2 aromatic heterocycles. The minimum absolute atomic E-state index is 0.00316. The predicted molar refractivity (Wildman–Crippen MR) is 105 cm³/mol. The standard InChI is InChI=1S/C22H22N4O/c1-14-6-7-18(15(2)12-14)26-19-5-3-4-17(19)21(24-26)22(27)25-11-9-16-8-10-23-13-20(16)25/h6-8,10,12-13H,3-5,9,11H2,1-2H3. The van der Waals surface area contributed by atoms with Crippen molar-refractivity contribution in [2.45, 2.75) is 39.5 Å². The van der Waals surface area contributed by atoms with E-state index in [2.05, 4.69) is 37.0 Å². The summed E-state index contributed by atoms with van der Waals surface area (Å²) in [6.07, 6.45) is 7.44. The van der Waals surface area contributed by atoms with E-state index in [1.807, 2.05) is 15.6 Å². The molecule has 3 heterocycles. The van der Waals surface area contributed by atoms with Crippen molar-refractivity contribution in [3.8, 4) is 5.69 Å². The fourth-order valence-corrected chi connectivity index (χ4v) is 4.41. The lowest BCUT2D eigenvalue weighted by molar-refractivity contribution is 0.0983. The minimum Gasteiger partial charge on any atom is -0.305 e. The largest absolute Gasteiger partial charge is 0.305 e. The Hall–Kier alpha value is -2.95. The summed E-state index contributed by atoms with van der Waals surface area (Å²) in [5, 5.41) is 4.82. The van der Waals surface area contributed by atoms with E-state index in [9.17, 15) is 4.79 Å². The molecule has 1 aliphatic heterocycles. The number of nitrogens with zero attached hydrogens (tertiary/aromatic N) is 4. The molecule has 0 radical (unpaired) electrons. The second kappa shape index (κ2) is 6.05. The highest BCUT2D eigenvalue weighted by Gasteiger charge is 2.33. The third-order valence-electron chi connectivity index (χ3n) is 5.74. The van der Waals surface area contributed by atoms with Crippen molar-refractivity contribution in [2.75, 3.05) is 11.4 Å². The molecule has 5 heteroatoms. The summed E-state index contributed by atoms with van der Waals surface area (Å²) in [7, 11) is 0. The van der Waals surface area contributed by atoms with Gasteiger partial charge in [0, 0.05) is 24.0 Å². The zero-order valence-electron chi connectivity index (χ0n) is 15.7. The van der Waals surface area contributed by atoms with E-state index in [0.717, 1.165) is 42.6 Å². The molecular formula is C22H22N4O.